The van der Waals surface area contributed by atoms with Crippen molar-refractivity contribution < 1.29 is 0 Å². The summed E-state index contributed by atoms with van der Waals surface area (Å²) in [5, 5.41) is 4.66. The van der Waals surface area contributed by atoms with Gasteiger partial charge in [0, 0.05) is 12.1 Å². The summed E-state index contributed by atoms with van der Waals surface area (Å²) in [5.74, 6) is 1.52. The van der Waals surface area contributed by atoms with E-state index in [0.717, 1.165) is 10.9 Å². The molecule has 1 fully saturated rings. The number of nitrogens with two attached hydrogens (primary N) is 1. The Morgan fingerprint density at radius 2 is 2.27 bits per heavy atom. The van der Waals surface area contributed by atoms with Crippen molar-refractivity contribution in [3.63, 3.8) is 0 Å². The largest absolute Gasteiger partial charge is 0.383 e. The zero-order valence-electron chi connectivity index (χ0n) is 9.20. The van der Waals surface area contributed by atoms with Crippen LogP contribution in [0.4, 0.5) is 10.8 Å². The molecule has 1 heterocycles. The Bertz CT molecular complexity index is 311. The molecule has 0 aliphatic heterocycles. The van der Waals surface area contributed by atoms with E-state index in [9.17, 15) is 0 Å². The summed E-state index contributed by atoms with van der Waals surface area (Å²) in [6, 6.07) is 2.55. The Kier molecular flexibility index (Phi) is 3.46. The van der Waals surface area contributed by atoms with Gasteiger partial charge in [-0.25, -0.2) is 0 Å². The van der Waals surface area contributed by atoms with E-state index in [-0.39, 0.29) is 0 Å². The monoisotopic (exact) mass is 225 g/mol. The highest BCUT2D eigenvalue weighted by atomic mass is 32.1. The smallest absolute Gasteiger partial charge is 0.139 e. The lowest BCUT2D eigenvalue weighted by Gasteiger charge is -2.15. The molecule has 1 aliphatic carbocycles. The average molecular weight is 225 g/mol. The summed E-state index contributed by atoms with van der Waals surface area (Å²) in [7, 11) is 0. The van der Waals surface area contributed by atoms with Crippen molar-refractivity contribution in [1.29, 1.82) is 0 Å². The lowest BCUT2D eigenvalue weighted by Crippen LogP contribution is -2.17. The third kappa shape index (κ3) is 3.09. The van der Waals surface area contributed by atoms with Crippen LogP contribution in [0, 0.1) is 5.92 Å². The van der Waals surface area contributed by atoms with Crippen molar-refractivity contribution in [1.82, 2.24) is 4.37 Å². The minimum Gasteiger partial charge on any atom is -0.383 e. The Morgan fingerprint density at radius 3 is 3.00 bits per heavy atom. The first kappa shape index (κ1) is 10.7. The summed E-state index contributed by atoms with van der Waals surface area (Å²) >= 11 is 1.46. The molecule has 4 heteroatoms. The molecule has 2 rings (SSSR count). The van der Waals surface area contributed by atoms with Crippen LogP contribution in [0.25, 0.3) is 0 Å². The van der Waals surface area contributed by atoms with E-state index in [1.807, 2.05) is 6.07 Å². The van der Waals surface area contributed by atoms with Crippen LogP contribution >= 0.6 is 11.5 Å². The molecular weight excluding hydrogens is 206 g/mol. The molecule has 0 saturated heterocycles. The molecule has 3 nitrogen and oxygen atoms in total. The minimum absolute atomic E-state index is 0.620. The lowest BCUT2D eigenvalue weighted by atomic mass is 10.0. The van der Waals surface area contributed by atoms with Crippen LogP contribution < -0.4 is 11.1 Å². The molecule has 0 amide bonds. The van der Waals surface area contributed by atoms with Gasteiger partial charge in [-0.3, -0.25) is 0 Å². The van der Waals surface area contributed by atoms with Crippen molar-refractivity contribution in [2.45, 2.75) is 45.1 Å². The minimum atomic E-state index is 0.620. The zero-order valence-corrected chi connectivity index (χ0v) is 10.0. The summed E-state index contributed by atoms with van der Waals surface area (Å²) < 4.78 is 4.08. The first-order chi connectivity index (χ1) is 7.24. The standard InChI is InChI=1S/C11H19N3S/c1-8-3-2-4-9(6-5-8)13-11-7-10(12)14-15-11/h7-9,13H,2-6H2,1H3,(H2,12,14). The molecule has 2 atom stereocenters. The van der Waals surface area contributed by atoms with Gasteiger partial charge in [0.2, 0.25) is 0 Å². The topological polar surface area (TPSA) is 50.9 Å². The number of rotatable bonds is 2. The third-order valence-corrected chi connectivity index (χ3v) is 3.87. The molecule has 1 saturated carbocycles. The fraction of sp³-hybridized carbons (Fsp3) is 0.727. The molecule has 15 heavy (non-hydrogen) atoms. The van der Waals surface area contributed by atoms with E-state index < -0.39 is 0 Å². The maximum Gasteiger partial charge on any atom is 0.139 e. The van der Waals surface area contributed by atoms with Gasteiger partial charge in [0.1, 0.15) is 10.8 Å². The zero-order chi connectivity index (χ0) is 10.7. The number of anilines is 2. The van der Waals surface area contributed by atoms with Gasteiger partial charge in [0.15, 0.2) is 0 Å². The average Bonchev–Trinajstić information content (AvgIpc) is 2.48. The molecule has 1 aromatic rings. The van der Waals surface area contributed by atoms with Crippen molar-refractivity contribution in [2.24, 2.45) is 5.92 Å². The fourth-order valence-electron chi connectivity index (χ4n) is 2.19. The van der Waals surface area contributed by atoms with Crippen LogP contribution in [-0.4, -0.2) is 10.4 Å². The fourth-order valence-corrected chi connectivity index (χ4v) is 2.84. The molecule has 0 spiro atoms. The van der Waals surface area contributed by atoms with Crippen LogP contribution in [0.15, 0.2) is 6.07 Å². The summed E-state index contributed by atoms with van der Waals surface area (Å²) in [6.45, 7) is 2.35. The molecular formula is C11H19N3S. The maximum atomic E-state index is 5.60. The van der Waals surface area contributed by atoms with Gasteiger partial charge in [-0.15, -0.1) is 0 Å². The van der Waals surface area contributed by atoms with Crippen molar-refractivity contribution in [3.05, 3.63) is 6.07 Å². The van der Waals surface area contributed by atoms with Crippen LogP contribution in [0.2, 0.25) is 0 Å². The van der Waals surface area contributed by atoms with Gasteiger partial charge in [0.05, 0.1) is 0 Å². The van der Waals surface area contributed by atoms with Crippen molar-refractivity contribution >= 4 is 22.4 Å². The van der Waals surface area contributed by atoms with Crippen LogP contribution in [-0.2, 0) is 0 Å². The van der Waals surface area contributed by atoms with Gasteiger partial charge in [-0.2, -0.15) is 4.37 Å². The van der Waals surface area contributed by atoms with Crippen LogP contribution in [0.1, 0.15) is 39.0 Å². The van der Waals surface area contributed by atoms with Crippen LogP contribution in [0.3, 0.4) is 0 Å². The Labute approximate surface area is 95.2 Å². The highest BCUT2D eigenvalue weighted by Gasteiger charge is 2.16. The van der Waals surface area contributed by atoms with E-state index in [1.54, 1.807) is 0 Å². The Balaban J connectivity index is 1.88. The normalized spacial score (nSPS) is 27.3. The van der Waals surface area contributed by atoms with E-state index in [2.05, 4.69) is 16.6 Å². The number of nitrogens with one attached hydrogen (secondary N) is 1. The molecule has 0 bridgehead atoms. The number of hydrogen-bond donors (Lipinski definition) is 2. The number of nitrogen functional groups attached to an aromatic ring is 1. The van der Waals surface area contributed by atoms with Gasteiger partial charge >= 0.3 is 0 Å². The number of nitrogens with zero attached hydrogens (tertiary/aromatic N) is 1. The number of aromatic nitrogens is 1. The molecule has 0 aromatic carbocycles. The predicted molar refractivity (Wildman–Crippen MR) is 66.2 cm³/mol. The first-order valence-corrected chi connectivity index (χ1v) is 6.50. The summed E-state index contributed by atoms with van der Waals surface area (Å²) in [5.41, 5.74) is 5.60. The predicted octanol–water partition coefficient (Wildman–Crippen LogP) is 3.11. The SMILES string of the molecule is CC1CCCC(Nc2cc(N)ns2)CC1. The van der Waals surface area contributed by atoms with Crippen LogP contribution in [0.5, 0.6) is 0 Å². The Morgan fingerprint density at radius 1 is 1.40 bits per heavy atom. The second kappa shape index (κ2) is 4.84. The maximum absolute atomic E-state index is 5.60. The van der Waals surface area contributed by atoms with Gasteiger partial charge in [-0.1, -0.05) is 19.8 Å². The highest BCUT2D eigenvalue weighted by Crippen LogP contribution is 2.26. The highest BCUT2D eigenvalue weighted by molar-refractivity contribution is 7.10. The second-order valence-corrected chi connectivity index (χ2v) is 5.38. The van der Waals surface area contributed by atoms with Crippen molar-refractivity contribution in [2.75, 3.05) is 11.1 Å². The van der Waals surface area contributed by atoms with E-state index in [4.69, 9.17) is 5.73 Å². The Hall–Kier alpha value is -0.770. The molecule has 2 unspecified atom stereocenters. The summed E-state index contributed by atoms with van der Waals surface area (Å²) in [6.07, 6.45) is 6.61. The van der Waals surface area contributed by atoms with E-state index >= 15 is 0 Å². The third-order valence-electron chi connectivity index (χ3n) is 3.13. The van der Waals surface area contributed by atoms with E-state index in [1.165, 1.54) is 43.6 Å². The summed E-state index contributed by atoms with van der Waals surface area (Å²) in [4.78, 5) is 0. The van der Waals surface area contributed by atoms with Gasteiger partial charge < -0.3 is 11.1 Å². The van der Waals surface area contributed by atoms with Crippen molar-refractivity contribution in [3.8, 4) is 0 Å². The molecule has 0 radical (unpaired) electrons. The quantitative estimate of drug-likeness (QED) is 0.760. The second-order valence-electron chi connectivity index (χ2n) is 4.57. The van der Waals surface area contributed by atoms with E-state index in [0.29, 0.717) is 11.9 Å². The number of hydrogen-bond acceptors (Lipinski definition) is 4. The van der Waals surface area contributed by atoms with Gasteiger partial charge in [-0.05, 0) is 36.7 Å². The molecule has 1 aromatic heterocycles. The lowest BCUT2D eigenvalue weighted by molar-refractivity contribution is 0.502. The molecule has 84 valence electrons. The first-order valence-electron chi connectivity index (χ1n) is 5.73. The molecule has 1 aliphatic rings. The molecule has 3 N–H and O–H groups in total. The van der Waals surface area contributed by atoms with Gasteiger partial charge in [0.25, 0.3) is 0 Å².